The van der Waals surface area contributed by atoms with Gasteiger partial charge in [-0.3, -0.25) is 0 Å². The van der Waals surface area contributed by atoms with E-state index in [1.54, 1.807) is 32.5 Å². The van der Waals surface area contributed by atoms with Crippen molar-refractivity contribution < 1.29 is 18.9 Å². The van der Waals surface area contributed by atoms with Gasteiger partial charge in [-0.25, -0.2) is 4.98 Å². The van der Waals surface area contributed by atoms with Gasteiger partial charge >= 0.3 is 0 Å². The minimum absolute atomic E-state index is 0.235. The zero-order chi connectivity index (χ0) is 18.6. The SMILES string of the molecule is COc1ccc(Nc2ccnc(Nc3ccc4c(c3)OCO4)n2)c(OC)c1. The molecule has 0 aliphatic carbocycles. The number of ether oxygens (including phenoxy) is 4. The minimum atomic E-state index is 0.235. The molecular weight excluding hydrogens is 348 g/mol. The number of rotatable bonds is 6. The molecule has 4 rings (SSSR count). The Labute approximate surface area is 156 Å². The van der Waals surface area contributed by atoms with Crippen molar-refractivity contribution >= 4 is 23.1 Å². The molecule has 0 fully saturated rings. The Morgan fingerprint density at radius 3 is 2.67 bits per heavy atom. The van der Waals surface area contributed by atoms with Crippen molar-refractivity contribution in [1.29, 1.82) is 0 Å². The van der Waals surface area contributed by atoms with Crippen molar-refractivity contribution in [2.24, 2.45) is 0 Å². The lowest BCUT2D eigenvalue weighted by Crippen LogP contribution is -2.01. The van der Waals surface area contributed by atoms with E-state index < -0.39 is 0 Å². The average Bonchev–Trinajstić information content (AvgIpc) is 3.16. The zero-order valence-electron chi connectivity index (χ0n) is 14.9. The number of hydrogen-bond donors (Lipinski definition) is 2. The van der Waals surface area contributed by atoms with Gasteiger partial charge in [0.1, 0.15) is 17.3 Å². The summed E-state index contributed by atoms with van der Waals surface area (Å²) >= 11 is 0. The first-order valence-electron chi connectivity index (χ1n) is 8.24. The van der Waals surface area contributed by atoms with Gasteiger partial charge in [-0.15, -0.1) is 0 Å². The van der Waals surface area contributed by atoms with E-state index in [1.165, 1.54) is 0 Å². The van der Waals surface area contributed by atoms with Crippen LogP contribution in [0.4, 0.5) is 23.1 Å². The van der Waals surface area contributed by atoms with E-state index >= 15 is 0 Å². The van der Waals surface area contributed by atoms with Crippen LogP contribution in [0, 0.1) is 0 Å². The molecule has 0 bridgehead atoms. The molecule has 0 saturated carbocycles. The summed E-state index contributed by atoms with van der Waals surface area (Å²) in [5.41, 5.74) is 1.57. The van der Waals surface area contributed by atoms with E-state index in [9.17, 15) is 0 Å². The fourth-order valence-corrected chi connectivity index (χ4v) is 2.63. The number of benzene rings is 2. The monoisotopic (exact) mass is 366 g/mol. The molecule has 0 atom stereocenters. The summed E-state index contributed by atoms with van der Waals surface area (Å²) in [5.74, 6) is 3.85. The number of anilines is 4. The van der Waals surface area contributed by atoms with Crippen molar-refractivity contribution in [1.82, 2.24) is 9.97 Å². The van der Waals surface area contributed by atoms with Crippen molar-refractivity contribution in [2.75, 3.05) is 31.6 Å². The fraction of sp³-hybridized carbons (Fsp3) is 0.158. The summed E-state index contributed by atoms with van der Waals surface area (Å²) in [5, 5.41) is 6.38. The topological polar surface area (TPSA) is 86.8 Å². The van der Waals surface area contributed by atoms with E-state index in [0.717, 1.165) is 17.1 Å². The molecule has 0 spiro atoms. The Hall–Kier alpha value is -3.68. The summed E-state index contributed by atoms with van der Waals surface area (Å²) in [6.45, 7) is 0.235. The van der Waals surface area contributed by atoms with Gasteiger partial charge in [0.05, 0.1) is 19.9 Å². The van der Waals surface area contributed by atoms with Gasteiger partial charge < -0.3 is 29.6 Å². The predicted molar refractivity (Wildman–Crippen MR) is 101 cm³/mol. The first kappa shape index (κ1) is 16.8. The van der Waals surface area contributed by atoms with Crippen molar-refractivity contribution in [3.05, 3.63) is 48.7 Å². The van der Waals surface area contributed by atoms with Gasteiger partial charge in [0, 0.05) is 24.0 Å². The highest BCUT2D eigenvalue weighted by Crippen LogP contribution is 2.35. The second kappa shape index (κ2) is 7.28. The van der Waals surface area contributed by atoms with Crippen LogP contribution < -0.4 is 29.6 Å². The van der Waals surface area contributed by atoms with Crippen molar-refractivity contribution in [3.8, 4) is 23.0 Å². The van der Waals surface area contributed by atoms with Crippen LogP contribution in [-0.4, -0.2) is 31.0 Å². The molecule has 8 heteroatoms. The number of nitrogens with one attached hydrogen (secondary N) is 2. The third kappa shape index (κ3) is 3.64. The number of hydrogen-bond acceptors (Lipinski definition) is 8. The highest BCUT2D eigenvalue weighted by molar-refractivity contribution is 5.67. The molecule has 3 aromatic rings. The molecule has 0 amide bonds. The lowest BCUT2D eigenvalue weighted by molar-refractivity contribution is 0.174. The van der Waals surface area contributed by atoms with Gasteiger partial charge in [0.15, 0.2) is 11.5 Å². The van der Waals surface area contributed by atoms with E-state index in [2.05, 4.69) is 20.6 Å². The molecule has 8 nitrogen and oxygen atoms in total. The highest BCUT2D eigenvalue weighted by Gasteiger charge is 2.14. The first-order chi connectivity index (χ1) is 13.2. The fourth-order valence-electron chi connectivity index (χ4n) is 2.63. The minimum Gasteiger partial charge on any atom is -0.497 e. The molecule has 27 heavy (non-hydrogen) atoms. The van der Waals surface area contributed by atoms with Crippen LogP contribution in [0.2, 0.25) is 0 Å². The van der Waals surface area contributed by atoms with Gasteiger partial charge in [-0.2, -0.15) is 4.98 Å². The smallest absolute Gasteiger partial charge is 0.231 e. The van der Waals surface area contributed by atoms with E-state index in [1.807, 2.05) is 30.3 Å². The molecule has 1 aliphatic heterocycles. The Bertz CT molecular complexity index is 964. The Morgan fingerprint density at radius 2 is 1.81 bits per heavy atom. The summed E-state index contributed by atoms with van der Waals surface area (Å²) in [6, 6.07) is 12.9. The third-order valence-electron chi connectivity index (χ3n) is 3.96. The van der Waals surface area contributed by atoms with Gasteiger partial charge in [0.2, 0.25) is 12.7 Å². The molecule has 0 unspecified atom stereocenters. The molecule has 1 aliphatic rings. The highest BCUT2D eigenvalue weighted by atomic mass is 16.7. The zero-order valence-corrected chi connectivity index (χ0v) is 14.9. The molecule has 1 aromatic heterocycles. The summed E-state index contributed by atoms with van der Waals surface area (Å²) in [4.78, 5) is 8.74. The number of aromatic nitrogens is 2. The second-order valence-electron chi connectivity index (χ2n) is 5.65. The third-order valence-corrected chi connectivity index (χ3v) is 3.96. The molecular formula is C19H18N4O4. The normalized spacial score (nSPS) is 11.8. The van der Waals surface area contributed by atoms with Crippen LogP contribution in [-0.2, 0) is 0 Å². The van der Waals surface area contributed by atoms with Crippen LogP contribution in [0.5, 0.6) is 23.0 Å². The van der Waals surface area contributed by atoms with Crippen LogP contribution in [0.15, 0.2) is 48.7 Å². The van der Waals surface area contributed by atoms with Crippen molar-refractivity contribution in [2.45, 2.75) is 0 Å². The number of nitrogens with zero attached hydrogens (tertiary/aromatic N) is 2. The van der Waals surface area contributed by atoms with Crippen LogP contribution in [0.1, 0.15) is 0 Å². The largest absolute Gasteiger partial charge is 0.497 e. The van der Waals surface area contributed by atoms with E-state index in [0.29, 0.717) is 29.0 Å². The Balaban J connectivity index is 1.53. The maximum absolute atomic E-state index is 5.40. The van der Waals surface area contributed by atoms with Crippen LogP contribution in [0.25, 0.3) is 0 Å². The molecule has 2 heterocycles. The second-order valence-corrected chi connectivity index (χ2v) is 5.65. The molecule has 0 saturated heterocycles. The standard InChI is InChI=1S/C19H18N4O4/c1-24-13-4-5-14(16(10-13)25-2)22-18-7-8-20-19(23-18)21-12-3-6-15-17(9-12)27-11-26-15/h3-10H,11H2,1-2H3,(H2,20,21,22,23). The average molecular weight is 366 g/mol. The molecule has 2 N–H and O–H groups in total. The summed E-state index contributed by atoms with van der Waals surface area (Å²) in [6.07, 6.45) is 1.67. The van der Waals surface area contributed by atoms with E-state index in [4.69, 9.17) is 18.9 Å². The van der Waals surface area contributed by atoms with Crippen LogP contribution in [0.3, 0.4) is 0 Å². The first-order valence-corrected chi connectivity index (χ1v) is 8.24. The Kier molecular flexibility index (Phi) is 4.52. The van der Waals surface area contributed by atoms with Gasteiger partial charge in [-0.1, -0.05) is 0 Å². The van der Waals surface area contributed by atoms with Gasteiger partial charge in [0.25, 0.3) is 0 Å². The predicted octanol–water partition coefficient (Wildman–Crippen LogP) is 3.71. The molecule has 2 aromatic carbocycles. The van der Waals surface area contributed by atoms with Crippen molar-refractivity contribution in [3.63, 3.8) is 0 Å². The quantitative estimate of drug-likeness (QED) is 0.683. The van der Waals surface area contributed by atoms with Gasteiger partial charge in [-0.05, 0) is 30.3 Å². The van der Waals surface area contributed by atoms with E-state index in [-0.39, 0.29) is 6.79 Å². The lowest BCUT2D eigenvalue weighted by atomic mass is 10.2. The number of methoxy groups -OCH3 is 2. The molecule has 0 radical (unpaired) electrons. The Morgan fingerprint density at radius 1 is 0.926 bits per heavy atom. The summed E-state index contributed by atoms with van der Waals surface area (Å²) in [7, 11) is 3.22. The number of fused-ring (bicyclic) bond motifs is 1. The summed E-state index contributed by atoms with van der Waals surface area (Å²) < 4.78 is 21.3. The van der Waals surface area contributed by atoms with Crippen LogP contribution >= 0.6 is 0 Å². The maximum atomic E-state index is 5.40. The maximum Gasteiger partial charge on any atom is 0.231 e. The lowest BCUT2D eigenvalue weighted by Gasteiger charge is -2.12. The molecule has 138 valence electrons.